The molecule has 11 heteroatoms. The van der Waals surface area contributed by atoms with Gasteiger partial charge >= 0.3 is 5.97 Å². The van der Waals surface area contributed by atoms with E-state index < -0.39 is 18.1 Å². The molecule has 29 heavy (non-hydrogen) atoms. The van der Waals surface area contributed by atoms with Gasteiger partial charge in [0.1, 0.15) is 5.82 Å². The molecule has 1 aliphatic rings. The van der Waals surface area contributed by atoms with Gasteiger partial charge in [-0.15, -0.1) is 0 Å². The van der Waals surface area contributed by atoms with Crippen LogP contribution in [0.3, 0.4) is 0 Å². The van der Waals surface area contributed by atoms with Crippen LogP contribution in [0, 0.1) is 0 Å². The summed E-state index contributed by atoms with van der Waals surface area (Å²) in [6.45, 7) is 0.191. The maximum absolute atomic E-state index is 12.7. The molecule has 0 spiro atoms. The zero-order valence-electron chi connectivity index (χ0n) is 15.3. The van der Waals surface area contributed by atoms with Crippen LogP contribution in [0.25, 0.3) is 6.08 Å². The molecule has 1 aliphatic heterocycles. The Morgan fingerprint density at radius 1 is 1.38 bits per heavy atom. The SMILES string of the molecule is COC(=O)c1ccc(Cl)c(NC(=O)C2=Cc3cnc(NCCO)nc3NC2O)c1. The van der Waals surface area contributed by atoms with Crippen molar-refractivity contribution >= 4 is 47.0 Å². The van der Waals surface area contributed by atoms with Gasteiger partial charge in [-0.1, -0.05) is 11.6 Å². The number of nitrogens with one attached hydrogen (secondary N) is 3. The first kappa shape index (κ1) is 20.5. The summed E-state index contributed by atoms with van der Waals surface area (Å²) >= 11 is 6.09. The van der Waals surface area contributed by atoms with Gasteiger partial charge in [-0.05, 0) is 24.3 Å². The van der Waals surface area contributed by atoms with Gasteiger partial charge < -0.3 is 30.9 Å². The third kappa shape index (κ3) is 4.62. The number of ether oxygens (including phenoxy) is 1. The van der Waals surface area contributed by atoms with E-state index in [0.29, 0.717) is 11.4 Å². The summed E-state index contributed by atoms with van der Waals surface area (Å²) in [7, 11) is 1.24. The molecule has 10 nitrogen and oxygen atoms in total. The Morgan fingerprint density at radius 2 is 2.17 bits per heavy atom. The Balaban J connectivity index is 1.83. The molecule has 0 bridgehead atoms. The van der Waals surface area contributed by atoms with Crippen LogP contribution in [0.1, 0.15) is 15.9 Å². The van der Waals surface area contributed by atoms with E-state index in [1.54, 1.807) is 0 Å². The highest BCUT2D eigenvalue weighted by Crippen LogP contribution is 2.28. The van der Waals surface area contributed by atoms with Crippen molar-refractivity contribution in [3.05, 3.63) is 46.1 Å². The second kappa shape index (κ2) is 8.86. The predicted molar refractivity (Wildman–Crippen MR) is 107 cm³/mol. The molecule has 5 N–H and O–H groups in total. The lowest BCUT2D eigenvalue weighted by molar-refractivity contribution is -0.113. The molecule has 3 rings (SSSR count). The van der Waals surface area contributed by atoms with Crippen LogP contribution in [-0.2, 0) is 9.53 Å². The van der Waals surface area contributed by atoms with Crippen LogP contribution in [0.15, 0.2) is 30.0 Å². The van der Waals surface area contributed by atoms with Gasteiger partial charge in [-0.2, -0.15) is 4.98 Å². The number of halogens is 1. The molecule has 0 saturated carbocycles. The van der Waals surface area contributed by atoms with E-state index in [1.807, 2.05) is 0 Å². The molecule has 1 amide bonds. The number of anilines is 3. The van der Waals surface area contributed by atoms with Crippen LogP contribution in [0.4, 0.5) is 17.5 Å². The molecular weight excluding hydrogens is 402 g/mol. The Labute approximate surface area is 170 Å². The van der Waals surface area contributed by atoms with Crippen molar-refractivity contribution in [2.45, 2.75) is 6.23 Å². The largest absolute Gasteiger partial charge is 0.465 e. The van der Waals surface area contributed by atoms with Gasteiger partial charge in [0.05, 0.1) is 35.6 Å². The third-order valence-electron chi connectivity index (χ3n) is 3.99. The van der Waals surface area contributed by atoms with E-state index in [4.69, 9.17) is 16.7 Å². The molecule has 0 fully saturated rings. The maximum atomic E-state index is 12.7. The second-order valence-electron chi connectivity index (χ2n) is 5.93. The van der Waals surface area contributed by atoms with Crippen molar-refractivity contribution < 1.29 is 24.5 Å². The average Bonchev–Trinajstić information content (AvgIpc) is 2.72. The minimum absolute atomic E-state index is 0.0108. The van der Waals surface area contributed by atoms with Gasteiger partial charge in [0, 0.05) is 18.3 Å². The monoisotopic (exact) mass is 419 g/mol. The summed E-state index contributed by atoms with van der Waals surface area (Å²) in [4.78, 5) is 32.6. The summed E-state index contributed by atoms with van der Waals surface area (Å²) in [5.41, 5.74) is 0.907. The molecule has 0 aliphatic carbocycles. The molecular formula is C18H18ClN5O5. The Kier molecular flexibility index (Phi) is 6.27. The van der Waals surface area contributed by atoms with Gasteiger partial charge in [0.25, 0.3) is 5.91 Å². The van der Waals surface area contributed by atoms with E-state index in [-0.39, 0.29) is 40.9 Å². The zero-order chi connectivity index (χ0) is 21.0. The summed E-state index contributed by atoms with van der Waals surface area (Å²) in [6, 6.07) is 4.30. The first-order valence-corrected chi connectivity index (χ1v) is 8.88. The average molecular weight is 420 g/mol. The van der Waals surface area contributed by atoms with Crippen molar-refractivity contribution in [2.75, 3.05) is 36.2 Å². The highest BCUT2D eigenvalue weighted by Gasteiger charge is 2.26. The summed E-state index contributed by atoms with van der Waals surface area (Å²) in [6.07, 6.45) is 1.59. The normalized spacial score (nSPS) is 14.9. The van der Waals surface area contributed by atoms with Crippen LogP contribution >= 0.6 is 11.6 Å². The van der Waals surface area contributed by atoms with Gasteiger partial charge in [0.15, 0.2) is 6.23 Å². The molecule has 1 unspecified atom stereocenters. The van der Waals surface area contributed by atoms with E-state index in [2.05, 4.69) is 30.7 Å². The van der Waals surface area contributed by atoms with Crippen LogP contribution in [0.5, 0.6) is 0 Å². The highest BCUT2D eigenvalue weighted by atomic mass is 35.5. The van der Waals surface area contributed by atoms with Crippen LogP contribution in [-0.4, -0.2) is 58.5 Å². The molecule has 0 radical (unpaired) electrons. The molecule has 1 atom stereocenters. The number of hydrogen-bond acceptors (Lipinski definition) is 9. The lowest BCUT2D eigenvalue weighted by Crippen LogP contribution is -2.32. The van der Waals surface area contributed by atoms with E-state index in [0.717, 1.165) is 0 Å². The van der Waals surface area contributed by atoms with Gasteiger partial charge in [0.2, 0.25) is 5.95 Å². The number of rotatable bonds is 6. The Hall–Kier alpha value is -3.21. The lowest BCUT2D eigenvalue weighted by atomic mass is 10.1. The number of aromatic nitrogens is 2. The molecule has 0 saturated heterocycles. The molecule has 152 valence electrons. The van der Waals surface area contributed by atoms with Crippen molar-refractivity contribution in [1.29, 1.82) is 0 Å². The molecule has 1 aromatic carbocycles. The number of aliphatic hydroxyl groups excluding tert-OH is 2. The minimum Gasteiger partial charge on any atom is -0.465 e. The van der Waals surface area contributed by atoms with E-state index >= 15 is 0 Å². The smallest absolute Gasteiger partial charge is 0.337 e. The van der Waals surface area contributed by atoms with Crippen molar-refractivity contribution in [3.63, 3.8) is 0 Å². The Morgan fingerprint density at radius 3 is 2.90 bits per heavy atom. The quantitative estimate of drug-likeness (QED) is 0.434. The summed E-state index contributed by atoms with van der Waals surface area (Å²) in [5.74, 6) is -0.602. The van der Waals surface area contributed by atoms with Gasteiger partial charge in [-0.3, -0.25) is 4.79 Å². The number of hydrogen-bond donors (Lipinski definition) is 5. The number of benzene rings is 1. The molecule has 2 aromatic rings. The number of carbonyl (C=O) groups is 2. The van der Waals surface area contributed by atoms with Crippen LogP contribution in [0.2, 0.25) is 5.02 Å². The first-order chi connectivity index (χ1) is 13.9. The fourth-order valence-corrected chi connectivity index (χ4v) is 2.73. The maximum Gasteiger partial charge on any atom is 0.337 e. The highest BCUT2D eigenvalue weighted by molar-refractivity contribution is 6.34. The summed E-state index contributed by atoms with van der Waals surface area (Å²) < 4.78 is 4.65. The Bertz CT molecular complexity index is 981. The van der Waals surface area contributed by atoms with Crippen molar-refractivity contribution in [3.8, 4) is 0 Å². The third-order valence-corrected chi connectivity index (χ3v) is 4.32. The number of amides is 1. The number of carbonyl (C=O) groups excluding carboxylic acids is 2. The number of fused-ring (bicyclic) bond motifs is 1. The zero-order valence-corrected chi connectivity index (χ0v) is 16.0. The molecule has 2 heterocycles. The van der Waals surface area contributed by atoms with E-state index in [9.17, 15) is 14.7 Å². The minimum atomic E-state index is -1.33. The first-order valence-electron chi connectivity index (χ1n) is 8.50. The number of esters is 1. The lowest BCUT2D eigenvalue weighted by Gasteiger charge is -2.23. The summed E-state index contributed by atoms with van der Waals surface area (Å²) in [5, 5.41) is 27.5. The topological polar surface area (TPSA) is 146 Å². The standard InChI is InChI=1S/C18H18ClN5O5/c1-29-17(28)9-2-3-12(19)13(7-9)22-15(26)11-6-10-8-21-18(20-4-5-25)24-14(10)23-16(11)27/h2-3,6-8,16,25,27H,4-5H2,1H3,(H,22,26)(H2,20,21,23,24). The van der Waals surface area contributed by atoms with Gasteiger partial charge in [-0.25, -0.2) is 9.78 Å². The predicted octanol–water partition coefficient (Wildman–Crippen LogP) is 1.09. The number of methoxy groups -OCH3 is 1. The van der Waals surface area contributed by atoms with Crippen molar-refractivity contribution in [2.24, 2.45) is 0 Å². The number of nitrogens with zero attached hydrogens (tertiary/aromatic N) is 2. The fourth-order valence-electron chi connectivity index (χ4n) is 2.57. The van der Waals surface area contributed by atoms with Crippen LogP contribution < -0.4 is 16.0 Å². The number of aliphatic hydroxyl groups is 2. The van der Waals surface area contributed by atoms with Crippen molar-refractivity contribution in [1.82, 2.24) is 9.97 Å². The molecule has 1 aromatic heterocycles. The van der Waals surface area contributed by atoms with E-state index in [1.165, 1.54) is 37.6 Å². The second-order valence-corrected chi connectivity index (χ2v) is 6.34. The fraction of sp³-hybridized carbons (Fsp3) is 0.222.